The Morgan fingerprint density at radius 3 is 1.97 bits per heavy atom. The highest BCUT2D eigenvalue weighted by Crippen LogP contribution is 2.40. The Morgan fingerprint density at radius 2 is 1.50 bits per heavy atom. The zero-order valence-electron chi connectivity index (χ0n) is 18.6. The summed E-state index contributed by atoms with van der Waals surface area (Å²) in [6, 6.07) is 3.95. The SMILES string of the molecule is Cc1cc(Br)cc(C)c1C1C(=O)CC(C2CCN(C(=O)OC(C)(C)C)CC2)CC1=O. The Labute approximate surface area is 187 Å². The molecule has 0 N–H and O–H groups in total. The first kappa shape index (κ1) is 23.0. The number of ether oxygens (including phenoxy) is 1. The molecule has 1 amide bonds. The van der Waals surface area contributed by atoms with Gasteiger partial charge in [0.15, 0.2) is 0 Å². The van der Waals surface area contributed by atoms with Crippen LogP contribution in [0.2, 0.25) is 0 Å². The fourth-order valence-electron chi connectivity index (χ4n) is 4.92. The summed E-state index contributed by atoms with van der Waals surface area (Å²) < 4.78 is 6.43. The number of hydrogen-bond donors (Lipinski definition) is 0. The van der Waals surface area contributed by atoms with Gasteiger partial charge in [-0.3, -0.25) is 9.59 Å². The number of carbonyl (C=O) groups is 3. The zero-order valence-corrected chi connectivity index (χ0v) is 20.2. The van der Waals surface area contributed by atoms with Gasteiger partial charge in [-0.2, -0.15) is 0 Å². The Bertz CT molecular complexity index is 808. The van der Waals surface area contributed by atoms with Crippen molar-refractivity contribution in [2.45, 2.75) is 71.8 Å². The number of nitrogens with zero attached hydrogens (tertiary/aromatic N) is 1. The van der Waals surface area contributed by atoms with Crippen molar-refractivity contribution in [1.29, 1.82) is 0 Å². The zero-order chi connectivity index (χ0) is 22.2. The number of hydrogen-bond acceptors (Lipinski definition) is 4. The van der Waals surface area contributed by atoms with Gasteiger partial charge in [0.05, 0.1) is 0 Å². The summed E-state index contributed by atoms with van der Waals surface area (Å²) in [6.07, 6.45) is 2.24. The number of rotatable bonds is 2. The molecule has 1 aromatic rings. The van der Waals surface area contributed by atoms with Gasteiger partial charge in [0.1, 0.15) is 23.1 Å². The number of ketones is 2. The van der Waals surface area contributed by atoms with Crippen molar-refractivity contribution in [2.24, 2.45) is 11.8 Å². The number of piperidine rings is 1. The summed E-state index contributed by atoms with van der Waals surface area (Å²) in [6.45, 7) is 10.8. The Morgan fingerprint density at radius 1 is 1.00 bits per heavy atom. The van der Waals surface area contributed by atoms with Gasteiger partial charge < -0.3 is 9.64 Å². The third kappa shape index (κ3) is 5.13. The Balaban J connectivity index is 1.64. The Kier molecular flexibility index (Phi) is 6.75. The van der Waals surface area contributed by atoms with E-state index >= 15 is 0 Å². The fourth-order valence-corrected chi connectivity index (χ4v) is 5.60. The number of halogens is 1. The van der Waals surface area contributed by atoms with Gasteiger partial charge in [0, 0.05) is 30.4 Å². The molecule has 30 heavy (non-hydrogen) atoms. The highest BCUT2D eigenvalue weighted by Gasteiger charge is 2.41. The molecule has 1 aliphatic carbocycles. The Hall–Kier alpha value is -1.69. The van der Waals surface area contributed by atoms with Crippen LogP contribution in [-0.4, -0.2) is 41.3 Å². The average Bonchev–Trinajstić information content (AvgIpc) is 2.61. The van der Waals surface area contributed by atoms with E-state index in [1.807, 2.05) is 46.8 Å². The molecule has 1 aromatic carbocycles. The second kappa shape index (κ2) is 8.81. The monoisotopic (exact) mass is 477 g/mol. The minimum Gasteiger partial charge on any atom is -0.444 e. The maximum Gasteiger partial charge on any atom is 0.410 e. The molecule has 0 unspecified atom stereocenters. The van der Waals surface area contributed by atoms with Gasteiger partial charge in [0.25, 0.3) is 0 Å². The molecule has 0 radical (unpaired) electrons. The predicted octanol–water partition coefficient (Wildman–Crippen LogP) is 5.34. The smallest absolute Gasteiger partial charge is 0.410 e. The van der Waals surface area contributed by atoms with E-state index in [1.54, 1.807) is 4.90 Å². The van der Waals surface area contributed by atoms with Crippen LogP contribution in [0.4, 0.5) is 4.79 Å². The van der Waals surface area contributed by atoms with Crippen LogP contribution < -0.4 is 0 Å². The van der Waals surface area contributed by atoms with Gasteiger partial charge in [-0.15, -0.1) is 0 Å². The molecule has 1 heterocycles. The van der Waals surface area contributed by atoms with Gasteiger partial charge in [0.2, 0.25) is 0 Å². The molecule has 5 nitrogen and oxygen atoms in total. The van der Waals surface area contributed by atoms with Crippen molar-refractivity contribution < 1.29 is 19.1 Å². The van der Waals surface area contributed by atoms with Crippen LogP contribution in [0.3, 0.4) is 0 Å². The lowest BCUT2D eigenvalue weighted by Gasteiger charge is -2.38. The van der Waals surface area contributed by atoms with E-state index in [4.69, 9.17) is 4.74 Å². The van der Waals surface area contributed by atoms with E-state index in [1.165, 1.54) is 0 Å². The van der Waals surface area contributed by atoms with Crippen LogP contribution >= 0.6 is 15.9 Å². The minimum absolute atomic E-state index is 0.0411. The van der Waals surface area contributed by atoms with Crippen molar-refractivity contribution in [2.75, 3.05) is 13.1 Å². The summed E-state index contributed by atoms with van der Waals surface area (Å²) in [4.78, 5) is 40.1. The van der Waals surface area contributed by atoms with E-state index in [2.05, 4.69) is 15.9 Å². The van der Waals surface area contributed by atoms with E-state index in [9.17, 15) is 14.4 Å². The quantitative estimate of drug-likeness (QED) is 0.538. The number of Topliss-reactive ketones (excluding diaryl/α,β-unsaturated/α-hetero) is 2. The van der Waals surface area contributed by atoms with Crippen molar-refractivity contribution in [3.05, 3.63) is 33.3 Å². The van der Waals surface area contributed by atoms with E-state index in [-0.39, 0.29) is 23.6 Å². The topological polar surface area (TPSA) is 63.7 Å². The maximum atomic E-state index is 13.1. The van der Waals surface area contributed by atoms with Crippen LogP contribution in [0.5, 0.6) is 0 Å². The van der Waals surface area contributed by atoms with E-state index in [0.29, 0.717) is 31.8 Å². The maximum absolute atomic E-state index is 13.1. The van der Waals surface area contributed by atoms with Gasteiger partial charge in [-0.1, -0.05) is 15.9 Å². The van der Waals surface area contributed by atoms with Crippen molar-refractivity contribution >= 4 is 33.6 Å². The number of benzene rings is 1. The highest BCUT2D eigenvalue weighted by molar-refractivity contribution is 9.10. The molecule has 1 aliphatic heterocycles. The number of amides is 1. The first-order chi connectivity index (χ1) is 14.0. The summed E-state index contributed by atoms with van der Waals surface area (Å²) >= 11 is 3.49. The van der Waals surface area contributed by atoms with Crippen molar-refractivity contribution in [3.63, 3.8) is 0 Å². The summed E-state index contributed by atoms with van der Waals surface area (Å²) in [7, 11) is 0. The van der Waals surface area contributed by atoms with Crippen LogP contribution in [0, 0.1) is 25.7 Å². The standard InChI is InChI=1S/C24H32BrNO4/c1-14-10-18(25)11-15(2)21(14)22-19(27)12-17(13-20(22)28)16-6-8-26(9-7-16)23(29)30-24(3,4)5/h10-11,16-17,22H,6-9,12-13H2,1-5H3. The van der Waals surface area contributed by atoms with Crippen LogP contribution in [-0.2, 0) is 14.3 Å². The highest BCUT2D eigenvalue weighted by atomic mass is 79.9. The third-order valence-electron chi connectivity index (χ3n) is 6.28. The molecule has 2 fully saturated rings. The molecule has 0 spiro atoms. The van der Waals surface area contributed by atoms with E-state index in [0.717, 1.165) is 34.0 Å². The lowest BCUT2D eigenvalue weighted by atomic mass is 9.69. The second-order valence-corrected chi connectivity index (χ2v) is 10.7. The third-order valence-corrected chi connectivity index (χ3v) is 6.73. The summed E-state index contributed by atoms with van der Waals surface area (Å²) in [5.41, 5.74) is 2.34. The number of carbonyl (C=O) groups excluding carboxylic acids is 3. The molecule has 1 saturated carbocycles. The molecule has 2 aliphatic rings. The van der Waals surface area contributed by atoms with Gasteiger partial charge in [-0.05, 0) is 88.1 Å². The molecule has 3 rings (SSSR count). The van der Waals surface area contributed by atoms with Gasteiger partial charge in [-0.25, -0.2) is 4.79 Å². The first-order valence-electron chi connectivity index (χ1n) is 10.8. The molecule has 0 bridgehead atoms. The van der Waals surface area contributed by atoms with Crippen LogP contribution in [0.1, 0.15) is 69.1 Å². The minimum atomic E-state index is -0.629. The molecule has 0 aromatic heterocycles. The largest absolute Gasteiger partial charge is 0.444 e. The lowest BCUT2D eigenvalue weighted by Crippen LogP contribution is -2.44. The molecule has 6 heteroatoms. The molecule has 164 valence electrons. The molecular weight excluding hydrogens is 446 g/mol. The predicted molar refractivity (Wildman–Crippen MR) is 120 cm³/mol. The van der Waals surface area contributed by atoms with E-state index < -0.39 is 11.5 Å². The summed E-state index contributed by atoms with van der Waals surface area (Å²) in [5.74, 6) is -0.169. The molecular formula is C24H32BrNO4. The number of aryl methyl sites for hydroxylation is 2. The second-order valence-electron chi connectivity index (χ2n) is 9.79. The van der Waals surface area contributed by atoms with Gasteiger partial charge >= 0.3 is 6.09 Å². The fraction of sp³-hybridized carbons (Fsp3) is 0.625. The molecule has 0 atom stereocenters. The molecule has 1 saturated heterocycles. The summed E-state index contributed by atoms with van der Waals surface area (Å²) in [5, 5.41) is 0. The normalized spacial score (nSPS) is 23.6. The lowest BCUT2D eigenvalue weighted by molar-refractivity contribution is -0.134. The number of likely N-dealkylation sites (tertiary alicyclic amines) is 1. The van der Waals surface area contributed by atoms with Crippen molar-refractivity contribution in [3.8, 4) is 0 Å². The van der Waals surface area contributed by atoms with Crippen LogP contribution in [0.15, 0.2) is 16.6 Å². The van der Waals surface area contributed by atoms with Crippen molar-refractivity contribution in [1.82, 2.24) is 4.90 Å². The average molecular weight is 478 g/mol. The first-order valence-corrected chi connectivity index (χ1v) is 11.6. The van der Waals surface area contributed by atoms with Crippen LogP contribution in [0.25, 0.3) is 0 Å².